The Bertz CT molecular complexity index is 462. The van der Waals surface area contributed by atoms with Crippen LogP contribution in [0, 0.1) is 0 Å². The summed E-state index contributed by atoms with van der Waals surface area (Å²) < 4.78 is 42.0. The molecule has 1 fully saturated rings. The van der Waals surface area contributed by atoms with Crippen LogP contribution in [0.25, 0.3) is 0 Å². The van der Waals surface area contributed by atoms with Crippen LogP contribution in [-0.2, 0) is 15.8 Å². The number of hydrogen-bond donors (Lipinski definition) is 2. The summed E-state index contributed by atoms with van der Waals surface area (Å²) in [5, 5.41) is 6.81. The fourth-order valence-electron chi connectivity index (χ4n) is 1.43. The third-order valence-electron chi connectivity index (χ3n) is 2.31. The molecule has 0 saturated carbocycles. The van der Waals surface area contributed by atoms with Gasteiger partial charge in [-0.15, -0.1) is 10.2 Å². The zero-order valence-corrected chi connectivity index (χ0v) is 10.9. The molecule has 2 heterocycles. The number of rotatable bonds is 3. The molecule has 0 radical (unpaired) electrons. The van der Waals surface area contributed by atoms with Crippen molar-refractivity contribution in [1.82, 2.24) is 15.7 Å². The lowest BCUT2D eigenvalue weighted by Crippen LogP contribution is -2.35. The standard InChI is InChI=1S/C9H11F3N4O3S/c10-9(11,12)6-14-15-8(20-6)13-7(17)16-19-5-3-1-2-4-18-5/h5H,1-4H2,(H2,13,15,16,17)/t5-/m0/s1. The van der Waals surface area contributed by atoms with Crippen molar-refractivity contribution in [3.8, 4) is 0 Å². The number of nitrogens with one attached hydrogen (secondary N) is 2. The van der Waals surface area contributed by atoms with Crippen LogP contribution in [0.3, 0.4) is 0 Å². The lowest BCUT2D eigenvalue weighted by atomic mass is 10.2. The van der Waals surface area contributed by atoms with Crippen molar-refractivity contribution in [3.63, 3.8) is 0 Å². The van der Waals surface area contributed by atoms with Gasteiger partial charge in [-0.05, 0) is 12.8 Å². The van der Waals surface area contributed by atoms with Gasteiger partial charge in [0.2, 0.25) is 10.1 Å². The summed E-state index contributed by atoms with van der Waals surface area (Å²) in [7, 11) is 0. The van der Waals surface area contributed by atoms with Gasteiger partial charge in [-0.1, -0.05) is 11.3 Å². The summed E-state index contributed by atoms with van der Waals surface area (Å²) in [6, 6.07) is -0.843. The highest BCUT2D eigenvalue weighted by Gasteiger charge is 2.35. The Kier molecular flexibility index (Phi) is 4.73. The normalized spacial score (nSPS) is 19.6. The van der Waals surface area contributed by atoms with Crippen LogP contribution in [0.2, 0.25) is 0 Å². The molecule has 0 aliphatic carbocycles. The monoisotopic (exact) mass is 312 g/mol. The molecule has 1 saturated heterocycles. The van der Waals surface area contributed by atoms with Gasteiger partial charge in [-0.3, -0.25) is 5.32 Å². The number of anilines is 1. The Hall–Kier alpha value is -1.46. The Morgan fingerprint density at radius 2 is 2.20 bits per heavy atom. The second-order valence-electron chi connectivity index (χ2n) is 3.88. The van der Waals surface area contributed by atoms with Crippen LogP contribution < -0.4 is 10.8 Å². The predicted molar refractivity (Wildman–Crippen MR) is 61.7 cm³/mol. The summed E-state index contributed by atoms with van der Waals surface area (Å²) in [6.45, 7) is 0.541. The maximum absolute atomic E-state index is 12.3. The van der Waals surface area contributed by atoms with Gasteiger partial charge >= 0.3 is 12.2 Å². The summed E-state index contributed by atoms with van der Waals surface area (Å²) in [5.41, 5.74) is 2.03. The Morgan fingerprint density at radius 1 is 1.40 bits per heavy atom. The van der Waals surface area contributed by atoms with Crippen molar-refractivity contribution in [2.24, 2.45) is 0 Å². The Labute approximate surface area is 115 Å². The highest BCUT2D eigenvalue weighted by molar-refractivity contribution is 7.15. The number of aromatic nitrogens is 2. The van der Waals surface area contributed by atoms with E-state index in [9.17, 15) is 18.0 Å². The topological polar surface area (TPSA) is 85.4 Å². The second-order valence-corrected chi connectivity index (χ2v) is 4.86. The van der Waals surface area contributed by atoms with Gasteiger partial charge in [0.15, 0.2) is 6.29 Å². The van der Waals surface area contributed by atoms with Crippen LogP contribution in [0.4, 0.5) is 23.1 Å². The minimum atomic E-state index is -4.58. The zero-order chi connectivity index (χ0) is 14.6. The first kappa shape index (κ1) is 14.9. The van der Waals surface area contributed by atoms with E-state index < -0.39 is 23.5 Å². The van der Waals surface area contributed by atoms with Crippen LogP contribution in [0.15, 0.2) is 0 Å². The minimum absolute atomic E-state index is 0.224. The van der Waals surface area contributed by atoms with Crippen molar-refractivity contribution in [2.75, 3.05) is 11.9 Å². The molecule has 0 unspecified atom stereocenters. The molecular formula is C9H11F3N4O3S. The molecule has 1 aliphatic heterocycles. The molecule has 2 amide bonds. The highest BCUT2D eigenvalue weighted by Crippen LogP contribution is 2.32. The van der Waals surface area contributed by atoms with Crippen molar-refractivity contribution in [2.45, 2.75) is 31.7 Å². The van der Waals surface area contributed by atoms with Crippen LogP contribution in [0.5, 0.6) is 0 Å². The Morgan fingerprint density at radius 3 is 2.80 bits per heavy atom. The molecule has 1 atom stereocenters. The number of ether oxygens (including phenoxy) is 1. The number of carbonyl (C=O) groups excluding carboxylic acids is 1. The maximum Gasteiger partial charge on any atom is 0.445 e. The van der Waals surface area contributed by atoms with Crippen LogP contribution in [0.1, 0.15) is 24.3 Å². The van der Waals surface area contributed by atoms with Gasteiger partial charge in [0.25, 0.3) is 0 Å². The lowest BCUT2D eigenvalue weighted by Gasteiger charge is -2.21. The van der Waals surface area contributed by atoms with E-state index in [1.807, 2.05) is 5.48 Å². The molecular weight excluding hydrogens is 301 g/mol. The first-order chi connectivity index (χ1) is 9.45. The molecule has 11 heteroatoms. The second kappa shape index (κ2) is 6.33. The highest BCUT2D eigenvalue weighted by atomic mass is 32.1. The average Bonchev–Trinajstić information content (AvgIpc) is 2.86. The van der Waals surface area contributed by atoms with E-state index in [2.05, 4.69) is 15.5 Å². The van der Waals surface area contributed by atoms with E-state index in [0.29, 0.717) is 13.0 Å². The zero-order valence-electron chi connectivity index (χ0n) is 10.1. The first-order valence-corrected chi connectivity index (χ1v) is 6.52. The molecule has 112 valence electrons. The van der Waals surface area contributed by atoms with E-state index in [1.165, 1.54) is 0 Å². The fourth-order valence-corrected chi connectivity index (χ4v) is 2.04. The third-order valence-corrected chi connectivity index (χ3v) is 3.19. The lowest BCUT2D eigenvalue weighted by molar-refractivity contribution is -0.185. The summed E-state index contributed by atoms with van der Waals surface area (Å²) in [5.74, 6) is 0. The number of alkyl halides is 3. The van der Waals surface area contributed by atoms with Gasteiger partial charge in [0.05, 0.1) is 0 Å². The molecule has 0 bridgehead atoms. The third kappa shape index (κ3) is 4.28. The molecule has 20 heavy (non-hydrogen) atoms. The van der Waals surface area contributed by atoms with Crippen molar-refractivity contribution >= 4 is 22.5 Å². The molecule has 2 N–H and O–H groups in total. The average molecular weight is 312 g/mol. The predicted octanol–water partition coefficient (Wildman–Crippen LogP) is 2.14. The summed E-state index contributed by atoms with van der Waals surface area (Å²) >= 11 is 0.224. The van der Waals surface area contributed by atoms with Gasteiger partial charge in [0, 0.05) is 13.0 Å². The first-order valence-electron chi connectivity index (χ1n) is 5.70. The molecule has 1 aromatic heterocycles. The number of hydrogen-bond acceptors (Lipinski definition) is 6. The Balaban J connectivity index is 1.77. The molecule has 1 aliphatic rings. The SMILES string of the molecule is O=C(NO[C@H]1CCCCO1)Nc1nnc(C(F)(F)F)s1. The molecule has 0 spiro atoms. The van der Waals surface area contributed by atoms with Gasteiger partial charge in [-0.25, -0.2) is 15.1 Å². The summed E-state index contributed by atoms with van der Waals surface area (Å²) in [4.78, 5) is 16.3. The van der Waals surface area contributed by atoms with Crippen LogP contribution >= 0.6 is 11.3 Å². The quantitative estimate of drug-likeness (QED) is 0.835. The van der Waals surface area contributed by atoms with E-state index in [-0.39, 0.29) is 16.5 Å². The van der Waals surface area contributed by atoms with E-state index in [0.717, 1.165) is 12.8 Å². The van der Waals surface area contributed by atoms with Crippen molar-refractivity contribution in [1.29, 1.82) is 0 Å². The molecule has 2 rings (SSSR count). The van der Waals surface area contributed by atoms with Crippen molar-refractivity contribution in [3.05, 3.63) is 5.01 Å². The minimum Gasteiger partial charge on any atom is -0.350 e. The number of nitrogens with zero attached hydrogens (tertiary/aromatic N) is 2. The van der Waals surface area contributed by atoms with Crippen LogP contribution in [-0.4, -0.2) is 29.1 Å². The summed E-state index contributed by atoms with van der Waals surface area (Å²) in [6.07, 6.45) is -2.65. The number of carbonyl (C=O) groups is 1. The molecule has 7 nitrogen and oxygen atoms in total. The van der Waals surface area contributed by atoms with Gasteiger partial charge < -0.3 is 4.74 Å². The van der Waals surface area contributed by atoms with Gasteiger partial charge in [0.1, 0.15) is 0 Å². The van der Waals surface area contributed by atoms with E-state index >= 15 is 0 Å². The number of hydroxylamine groups is 1. The molecule has 1 aromatic rings. The molecule has 0 aromatic carbocycles. The van der Waals surface area contributed by atoms with Crippen molar-refractivity contribution < 1.29 is 27.5 Å². The largest absolute Gasteiger partial charge is 0.445 e. The fraction of sp³-hybridized carbons (Fsp3) is 0.667. The maximum atomic E-state index is 12.3. The van der Waals surface area contributed by atoms with Gasteiger partial charge in [-0.2, -0.15) is 13.2 Å². The van der Waals surface area contributed by atoms with E-state index in [4.69, 9.17) is 9.57 Å². The number of urea groups is 1. The number of amides is 2. The smallest absolute Gasteiger partial charge is 0.350 e. The number of halogens is 3. The van der Waals surface area contributed by atoms with E-state index in [1.54, 1.807) is 0 Å².